The molecule has 0 unspecified atom stereocenters. The van der Waals surface area contributed by atoms with Gasteiger partial charge in [-0.2, -0.15) is 0 Å². The van der Waals surface area contributed by atoms with Gasteiger partial charge in [0.15, 0.2) is 0 Å². The second-order valence-corrected chi connectivity index (χ2v) is 7.13. The molecule has 1 saturated carbocycles. The molecule has 1 aliphatic carbocycles. The molecule has 3 rings (SSSR count). The van der Waals surface area contributed by atoms with Crippen LogP contribution in [0.15, 0.2) is 48.5 Å². The van der Waals surface area contributed by atoms with Crippen LogP contribution < -0.4 is 10.6 Å². The summed E-state index contributed by atoms with van der Waals surface area (Å²) in [7, 11) is 0. The molecule has 1 aliphatic rings. The normalized spacial score (nSPS) is 13.4. The molecular formula is C22H27N3O2. The minimum atomic E-state index is -0.125. The summed E-state index contributed by atoms with van der Waals surface area (Å²) in [4.78, 5) is 27.0. The van der Waals surface area contributed by atoms with E-state index < -0.39 is 0 Å². The van der Waals surface area contributed by atoms with E-state index in [1.807, 2.05) is 25.1 Å². The highest BCUT2D eigenvalue weighted by Gasteiger charge is 2.25. The number of nitrogens with one attached hydrogen (secondary N) is 2. The molecular weight excluding hydrogens is 338 g/mol. The Morgan fingerprint density at radius 1 is 1.11 bits per heavy atom. The third-order valence-electron chi connectivity index (χ3n) is 4.66. The first-order valence-electron chi connectivity index (χ1n) is 9.53. The summed E-state index contributed by atoms with van der Waals surface area (Å²) in [5.74, 6) is -0.239. The number of carbonyl (C=O) groups is 2. The van der Waals surface area contributed by atoms with Crippen LogP contribution in [0.5, 0.6) is 0 Å². The van der Waals surface area contributed by atoms with Crippen molar-refractivity contribution in [2.75, 3.05) is 18.4 Å². The Morgan fingerprint density at radius 3 is 2.59 bits per heavy atom. The number of rotatable bonds is 8. The predicted molar refractivity (Wildman–Crippen MR) is 108 cm³/mol. The van der Waals surface area contributed by atoms with Crippen LogP contribution in [0, 0.1) is 6.92 Å². The van der Waals surface area contributed by atoms with Crippen molar-refractivity contribution in [2.45, 2.75) is 39.3 Å². The average Bonchev–Trinajstić information content (AvgIpc) is 3.45. The molecule has 27 heavy (non-hydrogen) atoms. The van der Waals surface area contributed by atoms with Crippen molar-refractivity contribution in [3.8, 4) is 0 Å². The Hall–Kier alpha value is -2.66. The molecule has 5 nitrogen and oxygen atoms in total. The number of benzene rings is 2. The van der Waals surface area contributed by atoms with Gasteiger partial charge in [-0.05, 0) is 44.0 Å². The number of para-hydroxylation sites is 1. The molecule has 0 atom stereocenters. The largest absolute Gasteiger partial charge is 0.349 e. The molecule has 2 N–H and O–H groups in total. The van der Waals surface area contributed by atoms with E-state index in [0.717, 1.165) is 25.9 Å². The third kappa shape index (κ3) is 5.66. The molecule has 0 spiro atoms. The van der Waals surface area contributed by atoms with Gasteiger partial charge >= 0.3 is 0 Å². The number of carbonyl (C=O) groups excluding carboxylic acids is 2. The molecule has 0 aromatic heterocycles. The van der Waals surface area contributed by atoms with Gasteiger partial charge in [0.25, 0.3) is 5.91 Å². The Morgan fingerprint density at radius 2 is 1.89 bits per heavy atom. The van der Waals surface area contributed by atoms with Crippen molar-refractivity contribution in [1.29, 1.82) is 0 Å². The fraction of sp³-hybridized carbons (Fsp3) is 0.364. The minimum Gasteiger partial charge on any atom is -0.349 e. The Kier molecular flexibility index (Phi) is 6.24. The van der Waals surface area contributed by atoms with E-state index in [2.05, 4.69) is 40.7 Å². The van der Waals surface area contributed by atoms with Crippen molar-refractivity contribution in [3.63, 3.8) is 0 Å². The molecule has 2 aromatic carbocycles. The maximum Gasteiger partial charge on any atom is 0.253 e. The number of anilines is 1. The molecule has 0 saturated heterocycles. The first-order chi connectivity index (χ1) is 13.0. The predicted octanol–water partition coefficient (Wildman–Crippen LogP) is 3.35. The van der Waals surface area contributed by atoms with Gasteiger partial charge in [-0.1, -0.05) is 48.9 Å². The summed E-state index contributed by atoms with van der Waals surface area (Å²) in [5.41, 5.74) is 3.48. The van der Waals surface area contributed by atoms with Gasteiger partial charge in [-0.3, -0.25) is 14.5 Å². The van der Waals surface area contributed by atoms with Gasteiger partial charge in [0.1, 0.15) is 0 Å². The van der Waals surface area contributed by atoms with Crippen LogP contribution in [0.4, 0.5) is 5.69 Å². The summed E-state index contributed by atoms with van der Waals surface area (Å²) >= 11 is 0. The lowest BCUT2D eigenvalue weighted by atomic mass is 10.1. The van der Waals surface area contributed by atoms with Crippen LogP contribution in [0.3, 0.4) is 0 Å². The Bertz CT molecular complexity index is 815. The highest BCUT2D eigenvalue weighted by Crippen LogP contribution is 2.21. The van der Waals surface area contributed by atoms with Crippen LogP contribution in [-0.2, 0) is 11.3 Å². The zero-order valence-electron chi connectivity index (χ0n) is 16.0. The zero-order valence-corrected chi connectivity index (χ0v) is 16.0. The monoisotopic (exact) mass is 365 g/mol. The summed E-state index contributed by atoms with van der Waals surface area (Å²) in [6.45, 7) is 5.87. The minimum absolute atomic E-state index is 0.115. The van der Waals surface area contributed by atoms with E-state index >= 15 is 0 Å². The lowest BCUT2D eigenvalue weighted by Crippen LogP contribution is -2.33. The van der Waals surface area contributed by atoms with Gasteiger partial charge in [-0.25, -0.2) is 0 Å². The van der Waals surface area contributed by atoms with Gasteiger partial charge in [-0.15, -0.1) is 0 Å². The number of amides is 2. The summed E-state index contributed by atoms with van der Waals surface area (Å²) < 4.78 is 0. The number of hydrogen-bond acceptors (Lipinski definition) is 3. The van der Waals surface area contributed by atoms with Crippen molar-refractivity contribution in [1.82, 2.24) is 10.2 Å². The van der Waals surface area contributed by atoms with E-state index in [-0.39, 0.29) is 24.4 Å². The first kappa shape index (κ1) is 19.1. The number of nitrogens with zero attached hydrogens (tertiary/aromatic N) is 1. The van der Waals surface area contributed by atoms with E-state index in [9.17, 15) is 9.59 Å². The number of aryl methyl sites for hydroxylation is 1. The zero-order chi connectivity index (χ0) is 19.2. The quantitative estimate of drug-likeness (QED) is 0.754. The van der Waals surface area contributed by atoms with Crippen LogP contribution >= 0.6 is 0 Å². The van der Waals surface area contributed by atoms with Crippen LogP contribution in [-0.4, -0.2) is 35.8 Å². The highest BCUT2D eigenvalue weighted by atomic mass is 16.2. The van der Waals surface area contributed by atoms with E-state index in [1.54, 1.807) is 12.1 Å². The molecule has 2 amide bonds. The molecule has 0 radical (unpaired) electrons. The van der Waals surface area contributed by atoms with Gasteiger partial charge < -0.3 is 10.6 Å². The summed E-state index contributed by atoms with van der Waals surface area (Å²) in [6, 6.07) is 15.8. The summed E-state index contributed by atoms with van der Waals surface area (Å²) in [6.07, 6.45) is 2.06. The lowest BCUT2D eigenvalue weighted by Gasteiger charge is -2.20. The van der Waals surface area contributed by atoms with Crippen LogP contribution in [0.2, 0.25) is 0 Å². The van der Waals surface area contributed by atoms with E-state index in [0.29, 0.717) is 11.3 Å². The Labute approximate surface area is 160 Å². The van der Waals surface area contributed by atoms with Gasteiger partial charge in [0, 0.05) is 12.6 Å². The lowest BCUT2D eigenvalue weighted by molar-refractivity contribution is -0.117. The standard InChI is InChI=1S/C22H27N3O2/c1-3-25(14-17-8-6-7-16(2)13-17)15-21(26)24-20-10-5-4-9-19(20)22(27)23-18-11-12-18/h4-10,13,18H,3,11-12,14-15H2,1-2H3,(H,23,27)(H,24,26). The molecule has 2 aromatic rings. The maximum absolute atomic E-state index is 12.6. The molecule has 0 aliphatic heterocycles. The topological polar surface area (TPSA) is 61.4 Å². The van der Waals surface area contributed by atoms with E-state index in [1.165, 1.54) is 11.1 Å². The molecule has 0 bridgehead atoms. The third-order valence-corrected chi connectivity index (χ3v) is 4.66. The molecule has 1 fully saturated rings. The summed E-state index contributed by atoms with van der Waals surface area (Å²) in [5, 5.41) is 5.88. The second-order valence-electron chi connectivity index (χ2n) is 7.13. The molecule has 5 heteroatoms. The maximum atomic E-state index is 12.6. The first-order valence-corrected chi connectivity index (χ1v) is 9.53. The van der Waals surface area contributed by atoms with E-state index in [4.69, 9.17) is 0 Å². The Balaban J connectivity index is 1.61. The number of likely N-dealkylation sites (N-methyl/N-ethyl adjacent to an activating group) is 1. The van der Waals surface area contributed by atoms with Crippen LogP contribution in [0.1, 0.15) is 41.3 Å². The van der Waals surface area contributed by atoms with Crippen molar-refractivity contribution < 1.29 is 9.59 Å². The average molecular weight is 365 g/mol. The molecule has 0 heterocycles. The fourth-order valence-electron chi connectivity index (χ4n) is 3.02. The van der Waals surface area contributed by atoms with Crippen molar-refractivity contribution in [3.05, 3.63) is 65.2 Å². The van der Waals surface area contributed by atoms with Gasteiger partial charge in [0.2, 0.25) is 5.91 Å². The van der Waals surface area contributed by atoms with Crippen LogP contribution in [0.25, 0.3) is 0 Å². The smallest absolute Gasteiger partial charge is 0.253 e. The fourth-order valence-corrected chi connectivity index (χ4v) is 3.02. The molecule has 142 valence electrons. The van der Waals surface area contributed by atoms with Crippen molar-refractivity contribution in [2.24, 2.45) is 0 Å². The SMILES string of the molecule is CCN(CC(=O)Nc1ccccc1C(=O)NC1CC1)Cc1cccc(C)c1. The highest BCUT2D eigenvalue weighted by molar-refractivity contribution is 6.04. The van der Waals surface area contributed by atoms with Gasteiger partial charge in [0.05, 0.1) is 17.8 Å². The number of hydrogen-bond donors (Lipinski definition) is 2. The second kappa shape index (κ2) is 8.82. The van der Waals surface area contributed by atoms with Crippen molar-refractivity contribution >= 4 is 17.5 Å².